The standard InChI is InChI=1S/C22H33N3O3/c1-3-20(23(2)17-18-7-5-4-6-8-18)22(27)24-11-9-19(10-12-24)21(26)25-13-15-28-16-14-25/h4-8,19-20H,3,9-17H2,1-2H3/t20-/m0/s1. The zero-order valence-electron chi connectivity index (χ0n) is 17.2. The van der Waals surface area contributed by atoms with Crippen LogP contribution in [-0.2, 0) is 20.9 Å². The molecule has 3 rings (SSSR count). The van der Waals surface area contributed by atoms with Crippen LogP contribution in [-0.4, -0.2) is 79.0 Å². The van der Waals surface area contributed by atoms with E-state index in [0.717, 1.165) is 25.8 Å². The number of carbonyl (C=O) groups is 2. The fourth-order valence-electron chi connectivity index (χ4n) is 4.26. The highest BCUT2D eigenvalue weighted by molar-refractivity contribution is 5.83. The first-order valence-electron chi connectivity index (χ1n) is 10.5. The van der Waals surface area contributed by atoms with Crippen molar-refractivity contribution in [3.05, 3.63) is 35.9 Å². The number of hydrogen-bond acceptors (Lipinski definition) is 4. The number of rotatable bonds is 6. The average molecular weight is 388 g/mol. The van der Waals surface area contributed by atoms with Gasteiger partial charge in [-0.05, 0) is 31.9 Å². The van der Waals surface area contributed by atoms with Gasteiger partial charge in [-0.3, -0.25) is 14.5 Å². The summed E-state index contributed by atoms with van der Waals surface area (Å²) in [6, 6.07) is 10.1. The number of carbonyl (C=O) groups excluding carboxylic acids is 2. The van der Waals surface area contributed by atoms with Crippen molar-refractivity contribution in [1.82, 2.24) is 14.7 Å². The third kappa shape index (κ3) is 5.11. The summed E-state index contributed by atoms with van der Waals surface area (Å²) in [4.78, 5) is 31.8. The number of nitrogens with zero attached hydrogens (tertiary/aromatic N) is 3. The summed E-state index contributed by atoms with van der Waals surface area (Å²) in [6.45, 7) is 6.84. The first kappa shape index (κ1) is 20.8. The van der Waals surface area contributed by atoms with Gasteiger partial charge in [0, 0.05) is 38.6 Å². The fourth-order valence-corrected chi connectivity index (χ4v) is 4.26. The molecule has 0 spiro atoms. The van der Waals surface area contributed by atoms with E-state index in [2.05, 4.69) is 24.0 Å². The second kappa shape index (κ2) is 10.0. The number of likely N-dealkylation sites (N-methyl/N-ethyl adjacent to an activating group) is 1. The molecule has 2 saturated heterocycles. The van der Waals surface area contributed by atoms with E-state index in [1.165, 1.54) is 5.56 Å². The molecule has 2 aliphatic heterocycles. The maximum atomic E-state index is 13.1. The quantitative estimate of drug-likeness (QED) is 0.749. The van der Waals surface area contributed by atoms with Crippen LogP contribution in [0.1, 0.15) is 31.7 Å². The maximum Gasteiger partial charge on any atom is 0.239 e. The van der Waals surface area contributed by atoms with Gasteiger partial charge in [0.2, 0.25) is 11.8 Å². The first-order valence-corrected chi connectivity index (χ1v) is 10.5. The van der Waals surface area contributed by atoms with E-state index in [-0.39, 0.29) is 23.8 Å². The van der Waals surface area contributed by atoms with Gasteiger partial charge in [-0.15, -0.1) is 0 Å². The van der Waals surface area contributed by atoms with Crippen molar-refractivity contribution in [2.45, 2.75) is 38.8 Å². The lowest BCUT2D eigenvalue weighted by molar-refractivity contribution is -0.145. The molecule has 0 bridgehead atoms. The van der Waals surface area contributed by atoms with Crippen molar-refractivity contribution in [1.29, 1.82) is 0 Å². The molecule has 2 fully saturated rings. The summed E-state index contributed by atoms with van der Waals surface area (Å²) in [7, 11) is 2.02. The summed E-state index contributed by atoms with van der Waals surface area (Å²) in [5, 5.41) is 0. The molecule has 28 heavy (non-hydrogen) atoms. The fraction of sp³-hybridized carbons (Fsp3) is 0.636. The third-order valence-electron chi connectivity index (χ3n) is 5.96. The molecule has 0 radical (unpaired) electrons. The number of amides is 2. The zero-order valence-corrected chi connectivity index (χ0v) is 17.2. The summed E-state index contributed by atoms with van der Waals surface area (Å²) < 4.78 is 5.34. The molecular formula is C22H33N3O3. The predicted molar refractivity (Wildman–Crippen MR) is 109 cm³/mol. The molecule has 0 unspecified atom stereocenters. The van der Waals surface area contributed by atoms with E-state index in [9.17, 15) is 9.59 Å². The van der Waals surface area contributed by atoms with Crippen LogP contribution in [0.4, 0.5) is 0 Å². The van der Waals surface area contributed by atoms with Gasteiger partial charge in [0.05, 0.1) is 19.3 Å². The molecule has 0 N–H and O–H groups in total. The SMILES string of the molecule is CC[C@@H](C(=O)N1CCC(C(=O)N2CCOCC2)CC1)N(C)Cc1ccccc1. The lowest BCUT2D eigenvalue weighted by Gasteiger charge is -2.38. The largest absolute Gasteiger partial charge is 0.378 e. The highest BCUT2D eigenvalue weighted by Crippen LogP contribution is 2.22. The summed E-state index contributed by atoms with van der Waals surface area (Å²) >= 11 is 0. The van der Waals surface area contributed by atoms with Gasteiger partial charge in [0.1, 0.15) is 0 Å². The predicted octanol–water partition coefficient (Wildman–Crippen LogP) is 1.99. The Kier molecular flexibility index (Phi) is 7.45. The Morgan fingerprint density at radius 3 is 2.32 bits per heavy atom. The molecule has 0 saturated carbocycles. The van der Waals surface area contributed by atoms with Crippen LogP contribution in [0.25, 0.3) is 0 Å². The van der Waals surface area contributed by atoms with Crippen LogP contribution in [0, 0.1) is 5.92 Å². The van der Waals surface area contributed by atoms with E-state index < -0.39 is 0 Å². The Morgan fingerprint density at radius 2 is 1.71 bits per heavy atom. The van der Waals surface area contributed by atoms with Gasteiger partial charge in [-0.1, -0.05) is 37.3 Å². The Hall–Kier alpha value is -1.92. The van der Waals surface area contributed by atoms with E-state index in [1.807, 2.05) is 35.0 Å². The van der Waals surface area contributed by atoms with Crippen LogP contribution in [0.5, 0.6) is 0 Å². The van der Waals surface area contributed by atoms with Crippen molar-refractivity contribution in [3.63, 3.8) is 0 Å². The number of piperidine rings is 1. The van der Waals surface area contributed by atoms with Crippen LogP contribution < -0.4 is 0 Å². The number of hydrogen-bond donors (Lipinski definition) is 0. The minimum Gasteiger partial charge on any atom is -0.378 e. The van der Waals surface area contributed by atoms with Crippen LogP contribution in [0.15, 0.2) is 30.3 Å². The topological polar surface area (TPSA) is 53.1 Å². The maximum absolute atomic E-state index is 13.1. The Balaban J connectivity index is 1.52. The molecule has 2 amide bonds. The molecule has 6 heteroatoms. The average Bonchev–Trinajstić information content (AvgIpc) is 2.75. The smallest absolute Gasteiger partial charge is 0.239 e. The van der Waals surface area contributed by atoms with Gasteiger partial charge >= 0.3 is 0 Å². The van der Waals surface area contributed by atoms with E-state index in [4.69, 9.17) is 4.74 Å². The first-order chi connectivity index (χ1) is 13.6. The minimum absolute atomic E-state index is 0.0456. The van der Waals surface area contributed by atoms with Gasteiger partial charge in [-0.25, -0.2) is 0 Å². The number of likely N-dealkylation sites (tertiary alicyclic amines) is 1. The van der Waals surface area contributed by atoms with Gasteiger partial charge < -0.3 is 14.5 Å². The van der Waals surface area contributed by atoms with Gasteiger partial charge in [-0.2, -0.15) is 0 Å². The third-order valence-corrected chi connectivity index (χ3v) is 5.96. The van der Waals surface area contributed by atoms with E-state index in [0.29, 0.717) is 39.4 Å². The van der Waals surface area contributed by atoms with E-state index >= 15 is 0 Å². The lowest BCUT2D eigenvalue weighted by atomic mass is 9.94. The lowest BCUT2D eigenvalue weighted by Crippen LogP contribution is -2.51. The zero-order chi connectivity index (χ0) is 19.9. The number of benzene rings is 1. The summed E-state index contributed by atoms with van der Waals surface area (Å²) in [6.07, 6.45) is 2.32. The monoisotopic (exact) mass is 387 g/mol. The number of ether oxygens (including phenoxy) is 1. The van der Waals surface area contributed by atoms with Gasteiger partial charge in [0.15, 0.2) is 0 Å². The Labute approximate surface area is 168 Å². The summed E-state index contributed by atoms with van der Waals surface area (Å²) in [5.74, 6) is 0.478. The van der Waals surface area contributed by atoms with Crippen molar-refractivity contribution < 1.29 is 14.3 Å². The highest BCUT2D eigenvalue weighted by atomic mass is 16.5. The molecule has 6 nitrogen and oxygen atoms in total. The molecule has 1 atom stereocenters. The molecule has 1 aromatic carbocycles. The van der Waals surface area contributed by atoms with Crippen molar-refractivity contribution >= 4 is 11.8 Å². The molecule has 2 aliphatic rings. The second-order valence-electron chi connectivity index (χ2n) is 7.86. The van der Waals surface area contributed by atoms with Crippen molar-refractivity contribution in [2.24, 2.45) is 5.92 Å². The highest BCUT2D eigenvalue weighted by Gasteiger charge is 2.33. The normalized spacial score (nSPS) is 19.7. The molecule has 1 aromatic rings. The summed E-state index contributed by atoms with van der Waals surface area (Å²) in [5.41, 5.74) is 1.21. The van der Waals surface area contributed by atoms with Crippen LogP contribution in [0.3, 0.4) is 0 Å². The molecular weight excluding hydrogens is 354 g/mol. The van der Waals surface area contributed by atoms with Crippen molar-refractivity contribution in [2.75, 3.05) is 46.4 Å². The van der Waals surface area contributed by atoms with Crippen molar-refractivity contribution in [3.8, 4) is 0 Å². The van der Waals surface area contributed by atoms with Crippen LogP contribution in [0.2, 0.25) is 0 Å². The second-order valence-corrected chi connectivity index (χ2v) is 7.86. The van der Waals surface area contributed by atoms with Gasteiger partial charge in [0.25, 0.3) is 0 Å². The number of morpholine rings is 1. The molecule has 0 aliphatic carbocycles. The Bertz CT molecular complexity index is 638. The minimum atomic E-state index is -0.119. The molecule has 2 heterocycles. The van der Waals surface area contributed by atoms with Crippen LogP contribution >= 0.6 is 0 Å². The van der Waals surface area contributed by atoms with E-state index in [1.54, 1.807) is 0 Å². The molecule has 154 valence electrons. The molecule has 0 aromatic heterocycles. The Morgan fingerprint density at radius 1 is 1.07 bits per heavy atom.